The average molecular weight is 562 g/mol. The largest absolute Gasteiger partial charge is 0.503 e. The zero-order valence-electron chi connectivity index (χ0n) is 20.2. The number of aliphatic hydroxyl groups is 1. The fourth-order valence-electron chi connectivity index (χ4n) is 4.49. The van der Waals surface area contributed by atoms with E-state index in [-0.39, 0.29) is 17.9 Å². The number of carbonyl (C=O) groups is 2. The lowest BCUT2D eigenvalue weighted by Gasteiger charge is -2.27. The average Bonchev–Trinajstić information content (AvgIpc) is 3.43. The van der Waals surface area contributed by atoms with Crippen LogP contribution in [0.4, 0.5) is 0 Å². The number of aliphatic hydroxyl groups excluding tert-OH is 1. The molecule has 1 aliphatic rings. The lowest BCUT2D eigenvalue weighted by Crippen LogP contribution is -2.30. The van der Waals surface area contributed by atoms with Gasteiger partial charge in [-0.3, -0.25) is 9.59 Å². The first-order valence-corrected chi connectivity index (χ1v) is 12.5. The van der Waals surface area contributed by atoms with Gasteiger partial charge >= 0.3 is 0 Å². The molecule has 5 rings (SSSR count). The van der Waals surface area contributed by atoms with E-state index in [1.165, 1.54) is 4.90 Å². The van der Waals surface area contributed by atoms with E-state index in [4.69, 9.17) is 13.9 Å². The van der Waals surface area contributed by atoms with Gasteiger partial charge in [0.25, 0.3) is 5.91 Å². The Labute approximate surface area is 222 Å². The van der Waals surface area contributed by atoms with Crippen LogP contribution in [0.1, 0.15) is 34.6 Å². The molecular weight excluding hydrogens is 538 g/mol. The third-order valence-corrected chi connectivity index (χ3v) is 6.76. The summed E-state index contributed by atoms with van der Waals surface area (Å²) in [7, 11) is 1.58. The number of ether oxygens (including phenoxy) is 2. The van der Waals surface area contributed by atoms with E-state index in [0.717, 1.165) is 15.4 Å². The fourth-order valence-corrected chi connectivity index (χ4v) is 4.87. The number of benzene rings is 3. The van der Waals surface area contributed by atoms with Gasteiger partial charge in [0.1, 0.15) is 17.1 Å². The van der Waals surface area contributed by atoms with Crippen molar-refractivity contribution in [1.82, 2.24) is 4.90 Å². The van der Waals surface area contributed by atoms with Gasteiger partial charge in [-0.25, -0.2) is 0 Å². The van der Waals surface area contributed by atoms with Crippen molar-refractivity contribution < 1.29 is 28.6 Å². The number of hydrogen-bond acceptors (Lipinski definition) is 6. The zero-order valence-corrected chi connectivity index (χ0v) is 21.8. The molecule has 4 aromatic rings. The minimum Gasteiger partial charge on any atom is -0.503 e. The van der Waals surface area contributed by atoms with Crippen molar-refractivity contribution in [2.75, 3.05) is 13.7 Å². The summed E-state index contributed by atoms with van der Waals surface area (Å²) in [5.74, 6) is -0.357. The Bertz CT molecular complexity index is 1500. The Morgan fingerprint density at radius 1 is 1.03 bits per heavy atom. The smallest absolute Gasteiger partial charge is 0.290 e. The second-order valence-corrected chi connectivity index (χ2v) is 9.49. The van der Waals surface area contributed by atoms with Gasteiger partial charge in [0.2, 0.25) is 5.78 Å². The normalized spacial score (nSPS) is 15.5. The van der Waals surface area contributed by atoms with E-state index in [2.05, 4.69) is 15.9 Å². The minimum absolute atomic E-state index is 0.0270. The van der Waals surface area contributed by atoms with E-state index in [1.54, 1.807) is 55.6 Å². The van der Waals surface area contributed by atoms with Crippen LogP contribution < -0.4 is 9.47 Å². The summed E-state index contributed by atoms with van der Waals surface area (Å²) in [5.41, 5.74) is 1.99. The molecule has 188 valence electrons. The molecule has 7 nitrogen and oxygen atoms in total. The summed E-state index contributed by atoms with van der Waals surface area (Å²) in [5, 5.41) is 11.7. The van der Waals surface area contributed by atoms with Crippen LogP contribution in [0.3, 0.4) is 0 Å². The van der Waals surface area contributed by atoms with Gasteiger partial charge < -0.3 is 23.9 Å². The topological polar surface area (TPSA) is 89.2 Å². The van der Waals surface area contributed by atoms with Gasteiger partial charge in [0.15, 0.2) is 11.5 Å². The van der Waals surface area contributed by atoms with Crippen molar-refractivity contribution >= 4 is 38.6 Å². The molecule has 0 aliphatic carbocycles. The minimum atomic E-state index is -0.822. The van der Waals surface area contributed by atoms with Crippen molar-refractivity contribution in [1.29, 1.82) is 0 Å². The highest BCUT2D eigenvalue weighted by molar-refractivity contribution is 9.10. The quantitative estimate of drug-likeness (QED) is 0.251. The highest BCUT2D eigenvalue weighted by atomic mass is 79.9. The van der Waals surface area contributed by atoms with Gasteiger partial charge in [-0.15, -0.1) is 0 Å². The van der Waals surface area contributed by atoms with Crippen LogP contribution in [0.25, 0.3) is 11.0 Å². The third kappa shape index (κ3) is 4.72. The molecule has 1 atom stereocenters. The predicted octanol–water partition coefficient (Wildman–Crippen LogP) is 6.38. The summed E-state index contributed by atoms with van der Waals surface area (Å²) in [6.45, 7) is 2.58. The van der Waals surface area contributed by atoms with Crippen LogP contribution in [0.5, 0.6) is 11.5 Å². The van der Waals surface area contributed by atoms with Crippen LogP contribution in [0.2, 0.25) is 0 Å². The number of amides is 1. The molecule has 3 aromatic carbocycles. The molecule has 0 saturated carbocycles. The molecule has 8 heteroatoms. The molecule has 1 aliphatic heterocycles. The van der Waals surface area contributed by atoms with Gasteiger partial charge in [-0.05, 0) is 66.6 Å². The molecule has 1 amide bonds. The maximum atomic E-state index is 13.7. The number of carbonyl (C=O) groups excluding carboxylic acids is 2. The molecule has 37 heavy (non-hydrogen) atoms. The highest BCUT2D eigenvalue weighted by Gasteiger charge is 2.44. The van der Waals surface area contributed by atoms with E-state index >= 15 is 0 Å². The Morgan fingerprint density at radius 3 is 2.41 bits per heavy atom. The Kier molecular flexibility index (Phi) is 6.76. The Morgan fingerprint density at radius 2 is 1.73 bits per heavy atom. The molecule has 2 heterocycles. The van der Waals surface area contributed by atoms with E-state index in [0.29, 0.717) is 29.3 Å². The van der Waals surface area contributed by atoms with E-state index < -0.39 is 23.5 Å². The molecule has 0 radical (unpaired) electrons. The maximum absolute atomic E-state index is 13.7. The SMILES string of the molecule is CCOc1ccc(C2C(C(=O)c3cc4cc(Br)ccc4o3)=C(O)C(=O)N2Cc2ccc(OC)cc2)cc1. The molecule has 1 N–H and O–H groups in total. The lowest BCUT2D eigenvalue weighted by molar-refractivity contribution is -0.130. The second-order valence-electron chi connectivity index (χ2n) is 8.57. The molecule has 1 unspecified atom stereocenters. The highest BCUT2D eigenvalue weighted by Crippen LogP contribution is 2.41. The number of ketones is 1. The van der Waals surface area contributed by atoms with Crippen molar-refractivity contribution in [3.8, 4) is 11.5 Å². The molecule has 0 spiro atoms. The van der Waals surface area contributed by atoms with Crippen molar-refractivity contribution in [3.63, 3.8) is 0 Å². The first kappa shape index (κ1) is 24.6. The fraction of sp³-hybridized carbons (Fsp3) is 0.172. The second kappa shape index (κ2) is 10.1. The van der Waals surface area contributed by atoms with Crippen molar-refractivity contribution in [3.05, 3.63) is 105 Å². The number of halogens is 1. The lowest BCUT2D eigenvalue weighted by atomic mass is 9.94. The number of fused-ring (bicyclic) bond motifs is 1. The van der Waals surface area contributed by atoms with Crippen LogP contribution in [0, 0.1) is 0 Å². The van der Waals surface area contributed by atoms with E-state index in [9.17, 15) is 14.7 Å². The number of hydrogen-bond donors (Lipinski definition) is 1. The number of methoxy groups -OCH3 is 1. The zero-order chi connectivity index (χ0) is 26.1. The summed E-state index contributed by atoms with van der Waals surface area (Å²) in [6.07, 6.45) is 0. The number of Topliss-reactive ketones (excluding diaryl/α,β-unsaturated/α-hetero) is 1. The van der Waals surface area contributed by atoms with Gasteiger partial charge in [-0.1, -0.05) is 40.2 Å². The number of rotatable bonds is 8. The predicted molar refractivity (Wildman–Crippen MR) is 142 cm³/mol. The Balaban J connectivity index is 1.56. The number of furan rings is 1. The Hall–Kier alpha value is -4.04. The van der Waals surface area contributed by atoms with Crippen LogP contribution in [0.15, 0.2) is 93.0 Å². The number of nitrogens with zero attached hydrogens (tertiary/aromatic N) is 1. The first-order chi connectivity index (χ1) is 17.9. The summed E-state index contributed by atoms with van der Waals surface area (Å²) in [4.78, 5) is 28.6. The van der Waals surface area contributed by atoms with Crippen molar-refractivity contribution in [2.45, 2.75) is 19.5 Å². The van der Waals surface area contributed by atoms with Gasteiger partial charge in [0.05, 0.1) is 25.3 Å². The van der Waals surface area contributed by atoms with Crippen molar-refractivity contribution in [2.24, 2.45) is 0 Å². The van der Waals surface area contributed by atoms with Gasteiger partial charge in [-0.2, -0.15) is 0 Å². The summed E-state index contributed by atoms with van der Waals surface area (Å²) < 4.78 is 17.4. The van der Waals surface area contributed by atoms with Crippen LogP contribution in [-0.4, -0.2) is 35.4 Å². The molecule has 0 fully saturated rings. The first-order valence-electron chi connectivity index (χ1n) is 11.7. The summed E-state index contributed by atoms with van der Waals surface area (Å²) in [6, 6.07) is 20.6. The van der Waals surface area contributed by atoms with Crippen LogP contribution in [-0.2, 0) is 11.3 Å². The molecule has 0 saturated heterocycles. The van der Waals surface area contributed by atoms with Crippen LogP contribution >= 0.6 is 15.9 Å². The molecular formula is C29H24BrNO6. The molecule has 1 aromatic heterocycles. The maximum Gasteiger partial charge on any atom is 0.290 e. The third-order valence-electron chi connectivity index (χ3n) is 6.27. The summed E-state index contributed by atoms with van der Waals surface area (Å²) >= 11 is 3.42. The standard InChI is InChI=1S/C29H24BrNO6/c1-3-36-22-11-6-18(7-12-22)26-25(27(32)24-15-19-14-20(30)8-13-23(19)37-24)28(33)29(34)31(26)16-17-4-9-21(35-2)10-5-17/h4-15,26,33H,3,16H2,1-2H3. The monoisotopic (exact) mass is 561 g/mol. The van der Waals surface area contributed by atoms with Gasteiger partial charge in [0, 0.05) is 16.4 Å². The molecule has 0 bridgehead atoms. The van der Waals surface area contributed by atoms with E-state index in [1.807, 2.05) is 31.2 Å².